The van der Waals surface area contributed by atoms with Crippen LogP contribution in [0.5, 0.6) is 0 Å². The summed E-state index contributed by atoms with van der Waals surface area (Å²) in [7, 11) is 0. The van der Waals surface area contributed by atoms with Crippen molar-refractivity contribution < 1.29 is 4.52 Å². The predicted octanol–water partition coefficient (Wildman–Crippen LogP) is 1.40. The van der Waals surface area contributed by atoms with Gasteiger partial charge in [0.15, 0.2) is 5.76 Å². The van der Waals surface area contributed by atoms with Crippen molar-refractivity contribution in [2.24, 2.45) is 0 Å². The molecule has 4 N–H and O–H groups in total. The van der Waals surface area contributed by atoms with Gasteiger partial charge in [-0.15, -0.1) is 0 Å². The van der Waals surface area contributed by atoms with Crippen LogP contribution in [0.3, 0.4) is 0 Å². The van der Waals surface area contributed by atoms with Crippen molar-refractivity contribution in [3.05, 3.63) is 23.6 Å². The average Bonchev–Trinajstić information content (AvgIpc) is 2.72. The minimum absolute atomic E-state index is 0.227. The van der Waals surface area contributed by atoms with Crippen LogP contribution in [0.1, 0.15) is 18.4 Å². The second-order valence-corrected chi connectivity index (χ2v) is 3.82. The van der Waals surface area contributed by atoms with Crippen LogP contribution >= 0.6 is 0 Å². The van der Waals surface area contributed by atoms with Crippen molar-refractivity contribution in [3.8, 4) is 0 Å². The number of nitrogens with one attached hydrogen (secondary N) is 2. The Morgan fingerprint density at radius 1 is 1.22 bits per heavy atom. The number of nitrogens with zero attached hydrogens (tertiary/aromatic N) is 3. The Labute approximate surface area is 105 Å². The molecule has 0 amide bonds. The Bertz CT molecular complexity index is 524. The molecular weight excluding hydrogens is 232 g/mol. The number of aromatic nitrogens is 3. The van der Waals surface area contributed by atoms with E-state index in [9.17, 15) is 0 Å². The monoisotopic (exact) mass is 248 g/mol. The lowest BCUT2D eigenvalue weighted by atomic mass is 10.4. The third-order valence-electron chi connectivity index (χ3n) is 2.22. The molecule has 0 aromatic carbocycles. The van der Waals surface area contributed by atoms with Crippen LogP contribution in [0.4, 0.5) is 17.6 Å². The lowest BCUT2D eigenvalue weighted by Crippen LogP contribution is -2.07. The molecular formula is C11H16N6O. The van der Waals surface area contributed by atoms with Gasteiger partial charge in [0.2, 0.25) is 5.95 Å². The summed E-state index contributed by atoms with van der Waals surface area (Å²) in [6.45, 7) is 5.14. The second-order valence-electron chi connectivity index (χ2n) is 3.82. The SMILES string of the molecule is CCNc1cc(NCc2cc(C)no2)nc(N)n1. The van der Waals surface area contributed by atoms with E-state index >= 15 is 0 Å². The third kappa shape index (κ3) is 3.09. The fraction of sp³-hybridized carbons (Fsp3) is 0.364. The number of hydrogen-bond acceptors (Lipinski definition) is 7. The van der Waals surface area contributed by atoms with Crippen LogP contribution < -0.4 is 16.4 Å². The van der Waals surface area contributed by atoms with Crippen molar-refractivity contribution in [2.75, 3.05) is 22.9 Å². The predicted molar refractivity (Wildman–Crippen MR) is 69.2 cm³/mol. The van der Waals surface area contributed by atoms with Gasteiger partial charge >= 0.3 is 0 Å². The van der Waals surface area contributed by atoms with E-state index in [4.69, 9.17) is 10.3 Å². The molecule has 7 nitrogen and oxygen atoms in total. The molecule has 2 aromatic heterocycles. The van der Waals surface area contributed by atoms with Crippen LogP contribution in [-0.2, 0) is 6.54 Å². The maximum atomic E-state index is 5.62. The highest BCUT2D eigenvalue weighted by Gasteiger charge is 2.04. The molecule has 2 heterocycles. The number of hydrogen-bond donors (Lipinski definition) is 3. The van der Waals surface area contributed by atoms with Gasteiger partial charge in [-0.1, -0.05) is 5.16 Å². The van der Waals surface area contributed by atoms with E-state index in [1.807, 2.05) is 19.9 Å². The highest BCUT2D eigenvalue weighted by Crippen LogP contribution is 2.13. The standard InChI is InChI=1S/C11H16N6O/c1-3-13-9-5-10(16-11(12)15-9)14-6-8-4-7(2)17-18-8/h4-5H,3,6H2,1-2H3,(H4,12,13,14,15,16). The Morgan fingerprint density at radius 3 is 2.56 bits per heavy atom. The molecule has 96 valence electrons. The van der Waals surface area contributed by atoms with Crippen LogP contribution in [0.25, 0.3) is 0 Å². The molecule has 0 aliphatic carbocycles. The first-order valence-corrected chi connectivity index (χ1v) is 5.72. The molecule has 0 bridgehead atoms. The molecule has 0 radical (unpaired) electrons. The zero-order valence-electron chi connectivity index (χ0n) is 10.4. The third-order valence-corrected chi connectivity index (χ3v) is 2.22. The Balaban J connectivity index is 2.04. The van der Waals surface area contributed by atoms with E-state index in [0.717, 1.165) is 18.0 Å². The van der Waals surface area contributed by atoms with Gasteiger partial charge < -0.3 is 20.9 Å². The van der Waals surface area contributed by atoms with Gasteiger partial charge in [0.25, 0.3) is 0 Å². The quantitative estimate of drug-likeness (QED) is 0.735. The number of anilines is 3. The first-order valence-electron chi connectivity index (χ1n) is 5.72. The zero-order valence-corrected chi connectivity index (χ0v) is 10.4. The summed E-state index contributed by atoms with van der Waals surface area (Å²) in [6, 6.07) is 3.66. The minimum atomic E-state index is 0.227. The first kappa shape index (κ1) is 12.2. The molecule has 0 saturated carbocycles. The van der Waals surface area contributed by atoms with Gasteiger partial charge in [-0.2, -0.15) is 9.97 Å². The molecule has 0 fully saturated rings. The van der Waals surface area contributed by atoms with Gasteiger partial charge in [0.05, 0.1) is 12.2 Å². The lowest BCUT2D eigenvalue weighted by molar-refractivity contribution is 0.384. The summed E-state index contributed by atoms with van der Waals surface area (Å²) in [4.78, 5) is 8.15. The summed E-state index contributed by atoms with van der Waals surface area (Å²) < 4.78 is 5.09. The Hall–Kier alpha value is -2.31. The Morgan fingerprint density at radius 2 is 1.94 bits per heavy atom. The summed E-state index contributed by atoms with van der Waals surface area (Å²) in [5.74, 6) is 2.31. The highest BCUT2D eigenvalue weighted by atomic mass is 16.5. The number of aryl methyl sites for hydroxylation is 1. The van der Waals surface area contributed by atoms with Crippen molar-refractivity contribution in [1.82, 2.24) is 15.1 Å². The van der Waals surface area contributed by atoms with Crippen LogP contribution in [0.2, 0.25) is 0 Å². The summed E-state index contributed by atoms with van der Waals surface area (Å²) in [6.07, 6.45) is 0. The van der Waals surface area contributed by atoms with E-state index in [-0.39, 0.29) is 5.95 Å². The average molecular weight is 248 g/mol. The number of nitrogen functional groups attached to an aromatic ring is 1. The van der Waals surface area contributed by atoms with Gasteiger partial charge in [-0.3, -0.25) is 0 Å². The Kier molecular flexibility index (Phi) is 3.61. The van der Waals surface area contributed by atoms with Crippen LogP contribution in [0.15, 0.2) is 16.7 Å². The lowest BCUT2D eigenvalue weighted by Gasteiger charge is -2.07. The van der Waals surface area contributed by atoms with Crippen molar-refractivity contribution >= 4 is 17.6 Å². The fourth-order valence-corrected chi connectivity index (χ4v) is 1.51. The second kappa shape index (κ2) is 5.35. The van der Waals surface area contributed by atoms with Gasteiger partial charge in [-0.05, 0) is 13.8 Å². The summed E-state index contributed by atoms with van der Waals surface area (Å²) in [5, 5.41) is 10.0. The van der Waals surface area contributed by atoms with E-state index in [1.54, 1.807) is 6.07 Å². The normalized spacial score (nSPS) is 10.3. The molecule has 7 heteroatoms. The fourth-order valence-electron chi connectivity index (χ4n) is 1.51. The molecule has 0 spiro atoms. The molecule has 0 saturated heterocycles. The maximum Gasteiger partial charge on any atom is 0.223 e. The first-order chi connectivity index (χ1) is 8.67. The van der Waals surface area contributed by atoms with E-state index in [0.29, 0.717) is 18.2 Å². The van der Waals surface area contributed by atoms with E-state index in [2.05, 4.69) is 25.8 Å². The topological polar surface area (TPSA) is 102 Å². The summed E-state index contributed by atoms with van der Waals surface area (Å²) in [5.41, 5.74) is 6.47. The van der Waals surface area contributed by atoms with Crippen molar-refractivity contribution in [2.45, 2.75) is 20.4 Å². The van der Waals surface area contributed by atoms with Gasteiger partial charge in [0, 0.05) is 18.7 Å². The van der Waals surface area contributed by atoms with Gasteiger partial charge in [-0.25, -0.2) is 0 Å². The number of nitrogens with two attached hydrogens (primary N) is 1. The molecule has 2 rings (SSSR count). The summed E-state index contributed by atoms with van der Waals surface area (Å²) >= 11 is 0. The minimum Gasteiger partial charge on any atom is -0.370 e. The highest BCUT2D eigenvalue weighted by molar-refractivity contribution is 5.50. The van der Waals surface area contributed by atoms with E-state index in [1.165, 1.54) is 0 Å². The van der Waals surface area contributed by atoms with E-state index < -0.39 is 0 Å². The zero-order chi connectivity index (χ0) is 13.0. The van der Waals surface area contributed by atoms with Crippen LogP contribution in [-0.4, -0.2) is 21.7 Å². The molecule has 0 aliphatic heterocycles. The molecule has 0 aliphatic rings. The largest absolute Gasteiger partial charge is 0.370 e. The van der Waals surface area contributed by atoms with Crippen LogP contribution in [0, 0.1) is 6.92 Å². The molecule has 2 aromatic rings. The molecule has 18 heavy (non-hydrogen) atoms. The van der Waals surface area contributed by atoms with Crippen molar-refractivity contribution in [3.63, 3.8) is 0 Å². The molecule has 0 atom stereocenters. The smallest absolute Gasteiger partial charge is 0.223 e. The maximum absolute atomic E-state index is 5.62. The number of rotatable bonds is 5. The molecule has 0 unspecified atom stereocenters. The van der Waals surface area contributed by atoms with Crippen molar-refractivity contribution in [1.29, 1.82) is 0 Å². The van der Waals surface area contributed by atoms with Gasteiger partial charge in [0.1, 0.15) is 11.6 Å².